The quantitative estimate of drug-likeness (QED) is 0.863. The normalized spacial score (nSPS) is 14.9. The molecule has 3 rings (SSSR count). The van der Waals surface area contributed by atoms with Gasteiger partial charge in [-0.1, -0.05) is 30.3 Å². The molecule has 0 radical (unpaired) electrons. The maximum atomic E-state index is 12.2. The van der Waals surface area contributed by atoms with Crippen molar-refractivity contribution in [2.24, 2.45) is 0 Å². The standard InChI is InChI=1S/C15H17N3O/c19-15(17-13-9-16-10-13)14-7-4-8-18(14)11-12-5-2-1-3-6-12/h1-8,13,16H,9-11H2,(H,17,19). The van der Waals surface area contributed by atoms with E-state index in [-0.39, 0.29) is 11.9 Å². The van der Waals surface area contributed by atoms with E-state index in [0.29, 0.717) is 0 Å². The fourth-order valence-electron chi connectivity index (χ4n) is 2.19. The summed E-state index contributed by atoms with van der Waals surface area (Å²) in [4.78, 5) is 12.2. The number of benzene rings is 1. The highest BCUT2D eigenvalue weighted by Crippen LogP contribution is 2.08. The van der Waals surface area contributed by atoms with Gasteiger partial charge in [-0.15, -0.1) is 0 Å². The summed E-state index contributed by atoms with van der Waals surface area (Å²) in [5.74, 6) is 0.00688. The van der Waals surface area contributed by atoms with Crippen molar-refractivity contribution in [1.29, 1.82) is 0 Å². The molecule has 0 saturated carbocycles. The third kappa shape index (κ3) is 2.69. The number of nitrogens with one attached hydrogen (secondary N) is 2. The second kappa shape index (κ2) is 5.28. The first-order chi connectivity index (χ1) is 9.33. The van der Waals surface area contributed by atoms with E-state index >= 15 is 0 Å². The number of rotatable bonds is 4. The maximum Gasteiger partial charge on any atom is 0.268 e. The van der Waals surface area contributed by atoms with Crippen molar-refractivity contribution in [2.45, 2.75) is 12.6 Å². The van der Waals surface area contributed by atoms with Crippen molar-refractivity contribution >= 4 is 5.91 Å². The Hall–Kier alpha value is -2.07. The molecule has 1 aliphatic heterocycles. The number of carbonyl (C=O) groups is 1. The van der Waals surface area contributed by atoms with Crippen LogP contribution < -0.4 is 10.6 Å². The summed E-state index contributed by atoms with van der Waals surface area (Å²) in [5.41, 5.74) is 1.91. The van der Waals surface area contributed by atoms with Gasteiger partial charge in [0, 0.05) is 25.8 Å². The van der Waals surface area contributed by atoms with Crippen molar-refractivity contribution in [3.8, 4) is 0 Å². The van der Waals surface area contributed by atoms with Gasteiger partial charge < -0.3 is 15.2 Å². The zero-order valence-corrected chi connectivity index (χ0v) is 10.7. The average molecular weight is 255 g/mol. The lowest BCUT2D eigenvalue weighted by atomic mass is 10.2. The largest absolute Gasteiger partial charge is 0.345 e. The van der Waals surface area contributed by atoms with Gasteiger partial charge in [-0.3, -0.25) is 4.79 Å². The van der Waals surface area contributed by atoms with E-state index in [1.807, 2.05) is 41.1 Å². The molecule has 1 aromatic heterocycles. The highest BCUT2D eigenvalue weighted by molar-refractivity contribution is 5.93. The first-order valence-corrected chi connectivity index (χ1v) is 6.53. The molecular formula is C15H17N3O. The molecule has 2 N–H and O–H groups in total. The lowest BCUT2D eigenvalue weighted by Crippen LogP contribution is -2.57. The van der Waals surface area contributed by atoms with Crippen LogP contribution in [0.4, 0.5) is 0 Å². The topological polar surface area (TPSA) is 46.1 Å². The molecule has 0 spiro atoms. The van der Waals surface area contributed by atoms with Gasteiger partial charge in [0.1, 0.15) is 5.69 Å². The molecule has 0 aliphatic carbocycles. The molecule has 2 aromatic rings. The molecule has 0 unspecified atom stereocenters. The summed E-state index contributed by atoms with van der Waals surface area (Å²) < 4.78 is 1.98. The van der Waals surface area contributed by atoms with E-state index in [4.69, 9.17) is 0 Å². The van der Waals surface area contributed by atoms with Gasteiger partial charge in [0.15, 0.2) is 0 Å². The lowest BCUT2D eigenvalue weighted by Gasteiger charge is -2.28. The summed E-state index contributed by atoms with van der Waals surface area (Å²) in [5, 5.41) is 6.17. The Morgan fingerprint density at radius 1 is 1.21 bits per heavy atom. The Kier molecular flexibility index (Phi) is 3.33. The minimum absolute atomic E-state index is 0.00688. The van der Waals surface area contributed by atoms with Crippen LogP contribution in [-0.2, 0) is 6.54 Å². The second-order valence-corrected chi connectivity index (χ2v) is 4.84. The van der Waals surface area contributed by atoms with E-state index in [1.165, 1.54) is 5.56 Å². The van der Waals surface area contributed by atoms with Crippen LogP contribution in [-0.4, -0.2) is 29.6 Å². The van der Waals surface area contributed by atoms with Gasteiger partial charge in [-0.25, -0.2) is 0 Å². The molecule has 1 aromatic carbocycles. The first-order valence-electron chi connectivity index (χ1n) is 6.53. The fourth-order valence-corrected chi connectivity index (χ4v) is 2.19. The van der Waals surface area contributed by atoms with Crippen LogP contribution in [0.1, 0.15) is 16.1 Å². The molecule has 4 nitrogen and oxygen atoms in total. The third-order valence-corrected chi connectivity index (χ3v) is 3.37. The van der Waals surface area contributed by atoms with Gasteiger partial charge in [0.05, 0.1) is 6.04 Å². The van der Waals surface area contributed by atoms with Crippen molar-refractivity contribution in [1.82, 2.24) is 15.2 Å². The van der Waals surface area contributed by atoms with Crippen LogP contribution in [0, 0.1) is 0 Å². The molecule has 1 amide bonds. The highest BCUT2D eigenvalue weighted by atomic mass is 16.2. The molecule has 4 heteroatoms. The molecule has 0 atom stereocenters. The fraction of sp³-hybridized carbons (Fsp3) is 0.267. The molecule has 1 fully saturated rings. The Balaban J connectivity index is 1.72. The molecule has 1 aliphatic rings. The Morgan fingerprint density at radius 3 is 2.68 bits per heavy atom. The van der Waals surface area contributed by atoms with Crippen LogP contribution >= 0.6 is 0 Å². The highest BCUT2D eigenvalue weighted by Gasteiger charge is 2.20. The van der Waals surface area contributed by atoms with Crippen LogP contribution in [0.2, 0.25) is 0 Å². The van der Waals surface area contributed by atoms with Crippen LogP contribution in [0.5, 0.6) is 0 Å². The van der Waals surface area contributed by atoms with E-state index in [1.54, 1.807) is 0 Å². The zero-order valence-electron chi connectivity index (χ0n) is 10.7. The summed E-state index contributed by atoms with van der Waals surface area (Å²) >= 11 is 0. The molecule has 0 bridgehead atoms. The SMILES string of the molecule is O=C(NC1CNC1)c1cccn1Cc1ccccc1. The summed E-state index contributed by atoms with van der Waals surface area (Å²) in [6.45, 7) is 2.45. The lowest BCUT2D eigenvalue weighted by molar-refractivity contribution is 0.0915. The molecular weight excluding hydrogens is 238 g/mol. The smallest absolute Gasteiger partial charge is 0.268 e. The Morgan fingerprint density at radius 2 is 2.00 bits per heavy atom. The van der Waals surface area contributed by atoms with Crippen molar-refractivity contribution in [2.75, 3.05) is 13.1 Å². The van der Waals surface area contributed by atoms with E-state index in [9.17, 15) is 4.79 Å². The molecule has 19 heavy (non-hydrogen) atoms. The molecule has 1 saturated heterocycles. The maximum absolute atomic E-state index is 12.2. The van der Waals surface area contributed by atoms with Gasteiger partial charge in [0.25, 0.3) is 5.91 Å². The average Bonchev–Trinajstić information content (AvgIpc) is 2.83. The zero-order chi connectivity index (χ0) is 13.1. The minimum atomic E-state index is 0.00688. The number of amides is 1. The predicted molar refractivity (Wildman–Crippen MR) is 74.1 cm³/mol. The van der Waals surface area contributed by atoms with Gasteiger partial charge in [0.2, 0.25) is 0 Å². The van der Waals surface area contributed by atoms with E-state index < -0.39 is 0 Å². The predicted octanol–water partition coefficient (Wildman–Crippen LogP) is 1.24. The van der Waals surface area contributed by atoms with Crippen LogP contribution in [0.3, 0.4) is 0 Å². The van der Waals surface area contributed by atoms with Gasteiger partial charge >= 0.3 is 0 Å². The third-order valence-electron chi connectivity index (χ3n) is 3.37. The number of hydrogen-bond acceptors (Lipinski definition) is 2. The van der Waals surface area contributed by atoms with Gasteiger partial charge in [-0.05, 0) is 17.7 Å². The second-order valence-electron chi connectivity index (χ2n) is 4.84. The Bertz CT molecular complexity index is 558. The van der Waals surface area contributed by atoms with Crippen molar-refractivity contribution in [3.05, 3.63) is 59.9 Å². The number of hydrogen-bond donors (Lipinski definition) is 2. The molecule has 2 heterocycles. The first kappa shape index (κ1) is 12.0. The van der Waals surface area contributed by atoms with E-state index in [0.717, 1.165) is 25.3 Å². The monoisotopic (exact) mass is 255 g/mol. The molecule has 98 valence electrons. The van der Waals surface area contributed by atoms with Crippen LogP contribution in [0.15, 0.2) is 48.7 Å². The summed E-state index contributed by atoms with van der Waals surface area (Å²) in [6.07, 6.45) is 1.95. The van der Waals surface area contributed by atoms with E-state index in [2.05, 4.69) is 22.8 Å². The summed E-state index contributed by atoms with van der Waals surface area (Å²) in [6, 6.07) is 14.2. The summed E-state index contributed by atoms with van der Waals surface area (Å²) in [7, 11) is 0. The number of aromatic nitrogens is 1. The Labute approximate surface area is 112 Å². The minimum Gasteiger partial charge on any atom is -0.345 e. The van der Waals surface area contributed by atoms with Gasteiger partial charge in [-0.2, -0.15) is 0 Å². The van der Waals surface area contributed by atoms with Crippen LogP contribution in [0.25, 0.3) is 0 Å². The number of carbonyl (C=O) groups excluding carboxylic acids is 1. The van der Waals surface area contributed by atoms with Crippen molar-refractivity contribution < 1.29 is 4.79 Å². The van der Waals surface area contributed by atoms with Crippen molar-refractivity contribution in [3.63, 3.8) is 0 Å². The number of nitrogens with zero attached hydrogens (tertiary/aromatic N) is 1.